The molecule has 1 aliphatic rings. The molecular formula is C19H19N3O3. The lowest BCUT2D eigenvalue weighted by Gasteiger charge is -2.26. The minimum absolute atomic E-state index is 0.0601. The third-order valence-electron chi connectivity index (χ3n) is 4.56. The molecule has 2 aromatic heterocycles. The normalized spacial score (nSPS) is 15.5. The van der Waals surface area contributed by atoms with Crippen molar-refractivity contribution in [2.75, 3.05) is 0 Å². The number of aromatic nitrogens is 2. The lowest BCUT2D eigenvalue weighted by Crippen LogP contribution is -2.37. The Balaban J connectivity index is 1.56. The maximum Gasteiger partial charge on any atom is 0.249 e. The van der Waals surface area contributed by atoms with Crippen LogP contribution in [0.25, 0.3) is 11.6 Å². The van der Waals surface area contributed by atoms with Crippen molar-refractivity contribution in [3.63, 3.8) is 0 Å². The second-order valence-electron chi connectivity index (χ2n) is 6.31. The number of benzene rings is 1. The standard InChI is InChI=1S/C19H19N3O3/c23-18(14-8-4-9-14)20-15(12-13-6-2-1-3-7-13)19-21-17(22-25-19)16-10-5-11-24-16/h1-3,5-7,10-11,14-15H,4,8-9,12H2,(H,20,23)/t15-/m1/s1. The third-order valence-corrected chi connectivity index (χ3v) is 4.56. The number of carbonyl (C=O) groups is 1. The van der Waals surface area contributed by atoms with Crippen LogP contribution in [0.4, 0.5) is 0 Å². The largest absolute Gasteiger partial charge is 0.461 e. The number of rotatable bonds is 6. The highest BCUT2D eigenvalue weighted by molar-refractivity contribution is 5.79. The molecule has 0 radical (unpaired) electrons. The number of amides is 1. The predicted octanol–water partition coefficient (Wildman–Crippen LogP) is 3.53. The number of nitrogens with one attached hydrogen (secondary N) is 1. The summed E-state index contributed by atoms with van der Waals surface area (Å²) in [5.74, 6) is 1.48. The molecule has 128 valence electrons. The van der Waals surface area contributed by atoms with Gasteiger partial charge < -0.3 is 14.3 Å². The Labute approximate surface area is 145 Å². The second-order valence-corrected chi connectivity index (χ2v) is 6.31. The number of hydrogen-bond acceptors (Lipinski definition) is 5. The first-order chi connectivity index (χ1) is 12.3. The molecule has 1 fully saturated rings. The van der Waals surface area contributed by atoms with Crippen molar-refractivity contribution in [3.05, 3.63) is 60.2 Å². The summed E-state index contributed by atoms with van der Waals surface area (Å²) in [7, 11) is 0. The Hall–Kier alpha value is -2.89. The molecule has 3 aromatic rings. The minimum atomic E-state index is -0.355. The van der Waals surface area contributed by atoms with Crippen molar-refractivity contribution in [1.82, 2.24) is 15.5 Å². The first-order valence-electron chi connectivity index (χ1n) is 8.51. The third kappa shape index (κ3) is 3.47. The molecule has 1 amide bonds. The summed E-state index contributed by atoms with van der Waals surface area (Å²) in [5.41, 5.74) is 1.10. The van der Waals surface area contributed by atoms with Gasteiger partial charge in [0.2, 0.25) is 17.6 Å². The van der Waals surface area contributed by atoms with E-state index in [4.69, 9.17) is 8.94 Å². The fourth-order valence-corrected chi connectivity index (χ4v) is 2.89. The number of carbonyl (C=O) groups excluding carboxylic acids is 1. The quantitative estimate of drug-likeness (QED) is 0.744. The monoisotopic (exact) mass is 337 g/mol. The van der Waals surface area contributed by atoms with Crippen molar-refractivity contribution in [1.29, 1.82) is 0 Å². The van der Waals surface area contributed by atoms with E-state index in [1.54, 1.807) is 18.4 Å². The summed E-state index contributed by atoms with van der Waals surface area (Å²) >= 11 is 0. The lowest BCUT2D eigenvalue weighted by molar-refractivity contribution is -0.128. The van der Waals surface area contributed by atoms with Gasteiger partial charge in [-0.25, -0.2) is 0 Å². The first-order valence-corrected chi connectivity index (χ1v) is 8.51. The van der Waals surface area contributed by atoms with Crippen molar-refractivity contribution < 1.29 is 13.7 Å². The van der Waals surface area contributed by atoms with Crippen molar-refractivity contribution in [2.45, 2.75) is 31.7 Å². The maximum absolute atomic E-state index is 12.4. The van der Waals surface area contributed by atoms with E-state index < -0.39 is 0 Å². The highest BCUT2D eigenvalue weighted by atomic mass is 16.5. The van der Waals surface area contributed by atoms with Crippen molar-refractivity contribution >= 4 is 5.91 Å². The molecule has 1 N–H and O–H groups in total. The van der Waals surface area contributed by atoms with Crippen LogP contribution < -0.4 is 5.32 Å². The van der Waals surface area contributed by atoms with Crippen molar-refractivity contribution in [3.8, 4) is 11.6 Å². The summed E-state index contributed by atoms with van der Waals surface area (Å²) in [6, 6.07) is 13.1. The molecule has 0 spiro atoms. The Morgan fingerprint density at radius 3 is 2.72 bits per heavy atom. The molecule has 1 atom stereocenters. The lowest BCUT2D eigenvalue weighted by atomic mass is 9.84. The van der Waals surface area contributed by atoms with Gasteiger partial charge in [0.25, 0.3) is 0 Å². The summed E-state index contributed by atoms with van der Waals surface area (Å²) in [4.78, 5) is 16.8. The Bertz CT molecular complexity index is 823. The molecule has 25 heavy (non-hydrogen) atoms. The highest BCUT2D eigenvalue weighted by Gasteiger charge is 2.29. The van der Waals surface area contributed by atoms with Crippen LogP contribution in [-0.2, 0) is 11.2 Å². The first kappa shape index (κ1) is 15.6. The van der Waals surface area contributed by atoms with Crippen LogP contribution in [-0.4, -0.2) is 16.0 Å². The molecule has 1 aliphatic carbocycles. The minimum Gasteiger partial charge on any atom is -0.461 e. The van der Waals surface area contributed by atoms with Crippen LogP contribution in [0.15, 0.2) is 57.7 Å². The predicted molar refractivity (Wildman–Crippen MR) is 90.4 cm³/mol. The Morgan fingerprint density at radius 2 is 2.04 bits per heavy atom. The molecular weight excluding hydrogens is 318 g/mol. The second kappa shape index (κ2) is 6.93. The van der Waals surface area contributed by atoms with Gasteiger partial charge in [-0.3, -0.25) is 4.79 Å². The van der Waals surface area contributed by atoms with E-state index in [0.717, 1.165) is 24.8 Å². The van der Waals surface area contributed by atoms with Crippen LogP contribution in [0, 0.1) is 5.92 Å². The number of furan rings is 1. The van der Waals surface area contributed by atoms with Gasteiger partial charge in [0.05, 0.1) is 6.26 Å². The zero-order valence-electron chi connectivity index (χ0n) is 13.7. The van der Waals surface area contributed by atoms with Crippen LogP contribution >= 0.6 is 0 Å². The SMILES string of the molecule is O=C(N[C@H](Cc1ccccc1)c1nc(-c2ccco2)no1)C1CCC1. The van der Waals surface area contributed by atoms with Crippen molar-refractivity contribution in [2.24, 2.45) is 5.92 Å². The molecule has 0 bridgehead atoms. The van der Waals surface area contributed by atoms with E-state index in [-0.39, 0.29) is 17.9 Å². The van der Waals surface area contributed by atoms with E-state index >= 15 is 0 Å². The van der Waals surface area contributed by atoms with Crippen LogP contribution in [0.1, 0.15) is 36.8 Å². The van der Waals surface area contributed by atoms with E-state index in [9.17, 15) is 4.79 Å². The van der Waals surface area contributed by atoms with Gasteiger partial charge in [0, 0.05) is 12.3 Å². The molecule has 1 aromatic carbocycles. The smallest absolute Gasteiger partial charge is 0.249 e. The van der Waals surface area contributed by atoms with Crippen LogP contribution in [0.5, 0.6) is 0 Å². The highest BCUT2D eigenvalue weighted by Crippen LogP contribution is 2.28. The van der Waals surface area contributed by atoms with E-state index in [2.05, 4.69) is 15.5 Å². The molecule has 0 unspecified atom stereocenters. The van der Waals surface area contributed by atoms with Gasteiger partial charge in [-0.15, -0.1) is 0 Å². The van der Waals surface area contributed by atoms with Crippen LogP contribution in [0.2, 0.25) is 0 Å². The Morgan fingerprint density at radius 1 is 1.20 bits per heavy atom. The fourth-order valence-electron chi connectivity index (χ4n) is 2.89. The summed E-state index contributed by atoms with van der Waals surface area (Å²) < 4.78 is 10.7. The van der Waals surface area contributed by atoms with Gasteiger partial charge in [-0.2, -0.15) is 4.98 Å². The Kier molecular flexibility index (Phi) is 4.33. The van der Waals surface area contributed by atoms with Crippen LogP contribution in [0.3, 0.4) is 0 Å². The van der Waals surface area contributed by atoms with E-state index in [0.29, 0.717) is 23.9 Å². The zero-order chi connectivity index (χ0) is 17.1. The molecule has 6 nitrogen and oxygen atoms in total. The molecule has 6 heteroatoms. The molecule has 1 saturated carbocycles. The molecule has 0 aliphatic heterocycles. The fraction of sp³-hybridized carbons (Fsp3) is 0.316. The number of hydrogen-bond donors (Lipinski definition) is 1. The van der Waals surface area contributed by atoms with Gasteiger partial charge >= 0.3 is 0 Å². The number of nitrogens with zero attached hydrogens (tertiary/aromatic N) is 2. The van der Waals surface area contributed by atoms with Gasteiger partial charge in [-0.05, 0) is 30.5 Å². The van der Waals surface area contributed by atoms with Gasteiger partial charge in [-0.1, -0.05) is 41.9 Å². The topological polar surface area (TPSA) is 81.2 Å². The van der Waals surface area contributed by atoms with Gasteiger partial charge in [0.15, 0.2) is 5.76 Å². The molecule has 2 heterocycles. The van der Waals surface area contributed by atoms with E-state index in [1.807, 2.05) is 30.3 Å². The average Bonchev–Trinajstić information content (AvgIpc) is 3.25. The maximum atomic E-state index is 12.4. The van der Waals surface area contributed by atoms with Gasteiger partial charge in [0.1, 0.15) is 6.04 Å². The molecule has 0 saturated heterocycles. The zero-order valence-corrected chi connectivity index (χ0v) is 13.7. The summed E-state index contributed by atoms with van der Waals surface area (Å²) in [6.45, 7) is 0. The average molecular weight is 337 g/mol. The summed E-state index contributed by atoms with van der Waals surface area (Å²) in [6.07, 6.45) is 5.17. The summed E-state index contributed by atoms with van der Waals surface area (Å²) in [5, 5.41) is 7.05. The molecule has 4 rings (SSSR count). The van der Waals surface area contributed by atoms with E-state index in [1.165, 1.54) is 0 Å².